The number of nitrogens with zero attached hydrogens (tertiary/aromatic N) is 1. The van der Waals surface area contributed by atoms with Crippen molar-refractivity contribution < 1.29 is 4.74 Å². The van der Waals surface area contributed by atoms with Gasteiger partial charge in [-0.15, -0.1) is 0 Å². The van der Waals surface area contributed by atoms with Gasteiger partial charge in [-0.3, -0.25) is 4.90 Å². The number of rotatable bonds is 6. The highest BCUT2D eigenvalue weighted by Crippen LogP contribution is 2.32. The summed E-state index contributed by atoms with van der Waals surface area (Å²) < 4.78 is 5.58. The largest absolute Gasteiger partial charge is 0.496 e. The summed E-state index contributed by atoms with van der Waals surface area (Å²) >= 11 is 0. The molecular weight excluding hydrogens is 236 g/mol. The number of hydrogen-bond donors (Lipinski definition) is 1. The minimum atomic E-state index is 0.425. The summed E-state index contributed by atoms with van der Waals surface area (Å²) in [6.07, 6.45) is 3.70. The van der Waals surface area contributed by atoms with Crippen LogP contribution in [0, 0.1) is 0 Å². The Labute approximate surface area is 116 Å². The molecule has 2 rings (SSSR count). The summed E-state index contributed by atoms with van der Waals surface area (Å²) in [5.41, 5.74) is 2.72. The van der Waals surface area contributed by atoms with Gasteiger partial charge in [0, 0.05) is 12.1 Å². The molecule has 1 heterocycles. The van der Waals surface area contributed by atoms with Gasteiger partial charge in [0.15, 0.2) is 0 Å². The number of likely N-dealkylation sites (tertiary alicyclic amines) is 1. The Morgan fingerprint density at radius 3 is 2.63 bits per heavy atom. The normalized spacial score (nSPS) is 17.6. The topological polar surface area (TPSA) is 24.5 Å². The fourth-order valence-electron chi connectivity index (χ4n) is 2.95. The molecule has 1 aliphatic heterocycles. The molecule has 1 aromatic carbocycles. The predicted octanol–water partition coefficient (Wildman–Crippen LogP) is 2.61. The first-order valence-electron chi connectivity index (χ1n) is 7.35. The van der Waals surface area contributed by atoms with Gasteiger partial charge in [0.25, 0.3) is 0 Å². The van der Waals surface area contributed by atoms with Crippen molar-refractivity contribution in [3.8, 4) is 5.75 Å². The Kier molecular flexibility index (Phi) is 5.23. The van der Waals surface area contributed by atoms with E-state index in [0.29, 0.717) is 6.04 Å². The highest BCUT2D eigenvalue weighted by atomic mass is 16.5. The molecule has 0 bridgehead atoms. The number of hydrogen-bond acceptors (Lipinski definition) is 3. The third kappa shape index (κ3) is 3.28. The van der Waals surface area contributed by atoms with E-state index in [4.69, 9.17) is 4.74 Å². The van der Waals surface area contributed by atoms with Crippen LogP contribution < -0.4 is 10.1 Å². The summed E-state index contributed by atoms with van der Waals surface area (Å²) in [6, 6.07) is 7.03. The van der Waals surface area contributed by atoms with Crippen LogP contribution >= 0.6 is 0 Å². The van der Waals surface area contributed by atoms with Crippen molar-refractivity contribution in [2.45, 2.75) is 32.2 Å². The molecule has 0 radical (unpaired) electrons. The number of benzene rings is 1. The van der Waals surface area contributed by atoms with E-state index in [9.17, 15) is 0 Å². The second kappa shape index (κ2) is 6.92. The first-order valence-corrected chi connectivity index (χ1v) is 7.35. The van der Waals surface area contributed by atoms with Crippen LogP contribution in [0.25, 0.3) is 0 Å². The summed E-state index contributed by atoms with van der Waals surface area (Å²) in [6.45, 7) is 5.58. The molecule has 106 valence electrons. The monoisotopic (exact) mass is 262 g/mol. The Morgan fingerprint density at radius 2 is 2.05 bits per heavy atom. The van der Waals surface area contributed by atoms with Crippen LogP contribution in [0.15, 0.2) is 18.2 Å². The van der Waals surface area contributed by atoms with Gasteiger partial charge in [0.05, 0.1) is 13.2 Å². The summed E-state index contributed by atoms with van der Waals surface area (Å²) in [7, 11) is 3.80. The smallest absolute Gasteiger partial charge is 0.123 e. The molecule has 1 unspecified atom stereocenters. The van der Waals surface area contributed by atoms with Crippen molar-refractivity contribution in [2.24, 2.45) is 0 Å². The van der Waals surface area contributed by atoms with E-state index in [0.717, 1.165) is 18.7 Å². The minimum Gasteiger partial charge on any atom is -0.496 e. The van der Waals surface area contributed by atoms with E-state index >= 15 is 0 Å². The average Bonchev–Trinajstić information content (AvgIpc) is 2.98. The molecular formula is C16H26N2O. The number of methoxy groups -OCH3 is 1. The van der Waals surface area contributed by atoms with E-state index in [-0.39, 0.29) is 0 Å². The van der Waals surface area contributed by atoms with Crippen molar-refractivity contribution in [2.75, 3.05) is 33.8 Å². The molecule has 1 N–H and O–H groups in total. The molecule has 0 spiro atoms. The van der Waals surface area contributed by atoms with E-state index in [1.54, 1.807) is 7.11 Å². The Hall–Kier alpha value is -1.06. The highest BCUT2D eigenvalue weighted by molar-refractivity contribution is 5.40. The van der Waals surface area contributed by atoms with Gasteiger partial charge in [-0.1, -0.05) is 19.1 Å². The maximum atomic E-state index is 5.58. The first kappa shape index (κ1) is 14.4. The number of likely N-dealkylation sites (N-methyl/N-ethyl adjacent to an activating group) is 1. The van der Waals surface area contributed by atoms with Gasteiger partial charge in [0.2, 0.25) is 0 Å². The lowest BCUT2D eigenvalue weighted by Gasteiger charge is -2.29. The van der Waals surface area contributed by atoms with Crippen LogP contribution in [0.1, 0.15) is 36.9 Å². The van der Waals surface area contributed by atoms with E-state index in [1.165, 1.54) is 37.1 Å². The molecule has 0 amide bonds. The molecule has 0 aliphatic carbocycles. The van der Waals surface area contributed by atoms with Gasteiger partial charge in [-0.25, -0.2) is 0 Å². The predicted molar refractivity (Wildman–Crippen MR) is 79.8 cm³/mol. The Bertz CT molecular complexity index is 400. The van der Waals surface area contributed by atoms with Gasteiger partial charge in [-0.2, -0.15) is 0 Å². The zero-order valence-corrected chi connectivity index (χ0v) is 12.4. The zero-order valence-electron chi connectivity index (χ0n) is 12.4. The van der Waals surface area contributed by atoms with Gasteiger partial charge >= 0.3 is 0 Å². The second-order valence-electron chi connectivity index (χ2n) is 5.25. The molecule has 0 aromatic heterocycles. The van der Waals surface area contributed by atoms with Crippen molar-refractivity contribution in [3.05, 3.63) is 29.3 Å². The molecule has 0 saturated carbocycles. The van der Waals surface area contributed by atoms with Gasteiger partial charge in [-0.05, 0) is 51.0 Å². The third-order valence-corrected chi connectivity index (χ3v) is 4.04. The maximum absolute atomic E-state index is 5.58. The molecule has 3 nitrogen and oxygen atoms in total. The minimum absolute atomic E-state index is 0.425. The summed E-state index contributed by atoms with van der Waals surface area (Å²) in [4.78, 5) is 2.58. The fourth-order valence-corrected chi connectivity index (χ4v) is 2.95. The molecule has 1 aliphatic rings. The summed E-state index contributed by atoms with van der Waals surface area (Å²) in [5, 5.41) is 3.33. The molecule has 19 heavy (non-hydrogen) atoms. The van der Waals surface area contributed by atoms with Crippen LogP contribution in [0.5, 0.6) is 5.75 Å². The average molecular weight is 262 g/mol. The van der Waals surface area contributed by atoms with Crippen LogP contribution in [-0.2, 0) is 6.42 Å². The van der Waals surface area contributed by atoms with Crippen LogP contribution in [-0.4, -0.2) is 38.7 Å². The Morgan fingerprint density at radius 1 is 1.32 bits per heavy atom. The van der Waals surface area contributed by atoms with E-state index in [1.807, 2.05) is 7.05 Å². The maximum Gasteiger partial charge on any atom is 0.123 e. The molecule has 1 fully saturated rings. The van der Waals surface area contributed by atoms with Gasteiger partial charge in [0.1, 0.15) is 5.75 Å². The molecule has 3 heteroatoms. The van der Waals surface area contributed by atoms with Gasteiger partial charge < -0.3 is 10.1 Å². The zero-order chi connectivity index (χ0) is 13.7. The first-order chi connectivity index (χ1) is 9.30. The lowest BCUT2D eigenvalue weighted by molar-refractivity contribution is 0.236. The van der Waals surface area contributed by atoms with Crippen molar-refractivity contribution in [3.63, 3.8) is 0 Å². The van der Waals surface area contributed by atoms with Crippen LogP contribution in [0.2, 0.25) is 0 Å². The highest BCUT2D eigenvalue weighted by Gasteiger charge is 2.25. The van der Waals surface area contributed by atoms with Crippen molar-refractivity contribution in [1.82, 2.24) is 10.2 Å². The second-order valence-corrected chi connectivity index (χ2v) is 5.25. The van der Waals surface area contributed by atoms with E-state index < -0.39 is 0 Å². The Balaban J connectivity index is 2.32. The molecule has 1 atom stereocenters. The van der Waals surface area contributed by atoms with E-state index in [2.05, 4.69) is 35.3 Å². The fraction of sp³-hybridized carbons (Fsp3) is 0.625. The third-order valence-electron chi connectivity index (χ3n) is 4.04. The molecule has 1 saturated heterocycles. The lowest BCUT2D eigenvalue weighted by atomic mass is 10.00. The SMILES string of the molecule is CCc1ccc(OC)c(C(CNC)N2CCCC2)c1. The standard InChI is InChI=1S/C16H26N2O/c1-4-13-7-8-16(19-3)14(11-13)15(12-17-2)18-9-5-6-10-18/h7-8,11,15,17H,4-6,9-10,12H2,1-3H3. The lowest BCUT2D eigenvalue weighted by Crippen LogP contribution is -2.33. The van der Waals surface area contributed by atoms with Crippen molar-refractivity contribution >= 4 is 0 Å². The number of aryl methyl sites for hydroxylation is 1. The quantitative estimate of drug-likeness (QED) is 0.853. The van der Waals surface area contributed by atoms with Crippen LogP contribution in [0.4, 0.5) is 0 Å². The van der Waals surface area contributed by atoms with Crippen molar-refractivity contribution in [1.29, 1.82) is 0 Å². The summed E-state index contributed by atoms with van der Waals surface area (Å²) in [5.74, 6) is 1.02. The molecule has 1 aromatic rings. The number of nitrogens with one attached hydrogen (secondary N) is 1. The number of ether oxygens (including phenoxy) is 1. The van der Waals surface area contributed by atoms with Crippen LogP contribution in [0.3, 0.4) is 0 Å².